The van der Waals surface area contributed by atoms with Crippen LogP contribution in [0.25, 0.3) is 10.9 Å². The van der Waals surface area contributed by atoms with Gasteiger partial charge in [-0.2, -0.15) is 0 Å². The van der Waals surface area contributed by atoms with Gasteiger partial charge >= 0.3 is 0 Å². The van der Waals surface area contributed by atoms with Gasteiger partial charge in [-0.25, -0.2) is 4.39 Å². The molecule has 162 valence electrons. The number of morpholine rings is 1. The normalized spacial score (nSPS) is 16.4. The van der Waals surface area contributed by atoms with Gasteiger partial charge in [-0.05, 0) is 47.5 Å². The summed E-state index contributed by atoms with van der Waals surface area (Å²) in [5.41, 5.74) is 3.93. The first-order valence-electron chi connectivity index (χ1n) is 10.4. The zero-order valence-electron chi connectivity index (χ0n) is 17.2. The molecule has 3 heterocycles. The fraction of sp³-hybridized carbons (Fsp3) is 0.200. The van der Waals surface area contributed by atoms with Gasteiger partial charge in [-0.3, -0.25) is 9.78 Å². The van der Waals surface area contributed by atoms with Crippen LogP contribution < -0.4 is 0 Å². The van der Waals surface area contributed by atoms with E-state index in [1.807, 2.05) is 42.6 Å². The number of aromatic amines is 1. The fourth-order valence-electron chi connectivity index (χ4n) is 3.99. The van der Waals surface area contributed by atoms with Gasteiger partial charge in [-0.15, -0.1) is 0 Å². The van der Waals surface area contributed by atoms with Crippen LogP contribution in [0.3, 0.4) is 0 Å². The van der Waals surface area contributed by atoms with Crippen LogP contribution in [0, 0.1) is 5.82 Å². The number of nitrogens with one attached hydrogen (secondary N) is 1. The van der Waals surface area contributed by atoms with Gasteiger partial charge in [0.2, 0.25) is 0 Å². The minimum atomic E-state index is -0.339. The lowest BCUT2D eigenvalue weighted by molar-refractivity contribution is -0.0249. The van der Waals surface area contributed by atoms with E-state index in [0.717, 1.165) is 27.2 Å². The molecule has 2 aromatic carbocycles. The lowest BCUT2D eigenvalue weighted by Crippen LogP contribution is -2.42. The Hall–Kier alpha value is -3.22. The molecular formula is C25H21ClFN3O2. The summed E-state index contributed by atoms with van der Waals surface area (Å²) in [5, 5.41) is 1.54. The van der Waals surface area contributed by atoms with Gasteiger partial charge in [0.25, 0.3) is 5.91 Å². The molecule has 7 heteroatoms. The van der Waals surface area contributed by atoms with Crippen molar-refractivity contribution >= 4 is 28.4 Å². The van der Waals surface area contributed by atoms with Crippen LogP contribution in [0.15, 0.2) is 66.9 Å². The van der Waals surface area contributed by atoms with Crippen molar-refractivity contribution in [1.82, 2.24) is 14.9 Å². The largest absolute Gasteiger partial charge is 0.368 e. The predicted octanol–water partition coefficient (Wildman–Crippen LogP) is 5.16. The number of ether oxygens (including phenoxy) is 1. The molecule has 1 amide bonds. The van der Waals surface area contributed by atoms with Crippen LogP contribution in [0.1, 0.15) is 33.4 Å². The third kappa shape index (κ3) is 4.24. The minimum absolute atomic E-state index is 0.134. The molecule has 1 N–H and O–H groups in total. The average molecular weight is 450 g/mol. The molecule has 1 fully saturated rings. The number of hydrogen-bond acceptors (Lipinski definition) is 3. The summed E-state index contributed by atoms with van der Waals surface area (Å²) in [7, 11) is 0. The first-order chi connectivity index (χ1) is 15.6. The second-order valence-electron chi connectivity index (χ2n) is 7.88. The number of carbonyl (C=O) groups excluding carboxylic acids is 1. The third-order valence-electron chi connectivity index (χ3n) is 5.70. The summed E-state index contributed by atoms with van der Waals surface area (Å²) in [6, 6.07) is 17.9. The van der Waals surface area contributed by atoms with E-state index in [9.17, 15) is 9.18 Å². The molecule has 0 aliphatic carbocycles. The SMILES string of the molecule is O=C(c1cc2ccc(F)cc2[nH]1)N1CCO[C@H](c2ccc(Cc3ccccc3Cl)cn2)C1. The molecule has 32 heavy (non-hydrogen) atoms. The van der Waals surface area contributed by atoms with Crippen molar-refractivity contribution in [2.75, 3.05) is 19.7 Å². The lowest BCUT2D eigenvalue weighted by atomic mass is 10.1. The van der Waals surface area contributed by atoms with Crippen molar-refractivity contribution in [3.05, 3.63) is 100 Å². The van der Waals surface area contributed by atoms with Crippen molar-refractivity contribution in [3.8, 4) is 0 Å². The van der Waals surface area contributed by atoms with E-state index in [2.05, 4.69) is 9.97 Å². The fourth-order valence-corrected chi connectivity index (χ4v) is 4.19. The number of carbonyl (C=O) groups is 1. The maximum Gasteiger partial charge on any atom is 0.270 e. The van der Waals surface area contributed by atoms with E-state index in [-0.39, 0.29) is 17.8 Å². The Kier molecular flexibility index (Phi) is 5.64. The van der Waals surface area contributed by atoms with E-state index in [1.165, 1.54) is 12.1 Å². The molecule has 5 rings (SSSR count). The standard InChI is InChI=1S/C25H21ClFN3O2/c26-20-4-2-1-3-17(20)11-16-5-8-21(28-14-16)24-15-30(9-10-32-24)25(31)23-12-18-6-7-19(27)13-22(18)29-23/h1-8,12-14,24,29H,9-11,15H2/t24-/m0/s1. The molecule has 0 spiro atoms. The Balaban J connectivity index is 1.29. The van der Waals surface area contributed by atoms with Crippen molar-refractivity contribution in [3.63, 3.8) is 0 Å². The third-order valence-corrected chi connectivity index (χ3v) is 6.07. The Labute approximate surface area is 189 Å². The number of pyridine rings is 1. The number of aromatic nitrogens is 2. The second kappa shape index (κ2) is 8.73. The van der Waals surface area contributed by atoms with Gasteiger partial charge in [-0.1, -0.05) is 35.9 Å². The first kappa shape index (κ1) is 20.7. The van der Waals surface area contributed by atoms with Crippen molar-refractivity contribution in [2.24, 2.45) is 0 Å². The Morgan fingerprint density at radius 1 is 1.19 bits per heavy atom. The molecule has 0 unspecified atom stereocenters. The smallest absolute Gasteiger partial charge is 0.270 e. The predicted molar refractivity (Wildman–Crippen MR) is 121 cm³/mol. The molecule has 5 nitrogen and oxygen atoms in total. The van der Waals surface area contributed by atoms with Gasteiger partial charge in [0.15, 0.2) is 0 Å². The van der Waals surface area contributed by atoms with Gasteiger partial charge in [0, 0.05) is 35.1 Å². The summed E-state index contributed by atoms with van der Waals surface area (Å²) in [5.74, 6) is -0.473. The highest BCUT2D eigenvalue weighted by molar-refractivity contribution is 6.31. The van der Waals surface area contributed by atoms with Crippen molar-refractivity contribution in [2.45, 2.75) is 12.5 Å². The van der Waals surface area contributed by atoms with Crippen LogP contribution in [0.2, 0.25) is 5.02 Å². The Morgan fingerprint density at radius 3 is 2.88 bits per heavy atom. The summed E-state index contributed by atoms with van der Waals surface area (Å²) in [4.78, 5) is 22.4. The number of H-pyrrole nitrogens is 1. The lowest BCUT2D eigenvalue weighted by Gasteiger charge is -2.32. The summed E-state index contributed by atoms with van der Waals surface area (Å²) in [6.07, 6.45) is 2.22. The second-order valence-corrected chi connectivity index (χ2v) is 8.29. The molecule has 4 aromatic rings. The number of hydrogen-bond donors (Lipinski definition) is 1. The average Bonchev–Trinajstić information content (AvgIpc) is 3.24. The number of fused-ring (bicyclic) bond motifs is 1. The van der Waals surface area contributed by atoms with E-state index < -0.39 is 0 Å². The summed E-state index contributed by atoms with van der Waals surface area (Å²) in [6.45, 7) is 1.32. The topological polar surface area (TPSA) is 58.2 Å². The van der Waals surface area contributed by atoms with Crippen molar-refractivity contribution < 1.29 is 13.9 Å². The highest BCUT2D eigenvalue weighted by Crippen LogP contribution is 2.25. The van der Waals surface area contributed by atoms with Gasteiger partial charge < -0.3 is 14.6 Å². The first-order valence-corrected chi connectivity index (χ1v) is 10.8. The monoisotopic (exact) mass is 449 g/mol. The molecule has 0 saturated carbocycles. The quantitative estimate of drug-likeness (QED) is 0.468. The Bertz CT molecular complexity index is 1270. The highest BCUT2D eigenvalue weighted by Gasteiger charge is 2.27. The van der Waals surface area contributed by atoms with Crippen LogP contribution in [0.4, 0.5) is 4.39 Å². The number of amides is 1. The molecule has 0 radical (unpaired) electrons. The number of halogens is 2. The van der Waals surface area contributed by atoms with E-state index in [1.54, 1.807) is 17.0 Å². The number of nitrogens with zero attached hydrogens (tertiary/aromatic N) is 2. The van der Waals surface area contributed by atoms with Crippen LogP contribution >= 0.6 is 11.6 Å². The maximum absolute atomic E-state index is 13.5. The zero-order valence-corrected chi connectivity index (χ0v) is 18.0. The summed E-state index contributed by atoms with van der Waals surface area (Å²) >= 11 is 6.26. The van der Waals surface area contributed by atoms with Gasteiger partial charge in [0.1, 0.15) is 17.6 Å². The molecule has 1 saturated heterocycles. The minimum Gasteiger partial charge on any atom is -0.368 e. The van der Waals surface area contributed by atoms with Crippen LogP contribution in [-0.4, -0.2) is 40.5 Å². The van der Waals surface area contributed by atoms with E-state index >= 15 is 0 Å². The van der Waals surface area contributed by atoms with Crippen LogP contribution in [-0.2, 0) is 11.2 Å². The van der Waals surface area contributed by atoms with Crippen molar-refractivity contribution in [1.29, 1.82) is 0 Å². The molecule has 0 bridgehead atoms. The highest BCUT2D eigenvalue weighted by atomic mass is 35.5. The van der Waals surface area contributed by atoms with Crippen LogP contribution in [0.5, 0.6) is 0 Å². The number of rotatable bonds is 4. The van der Waals surface area contributed by atoms with E-state index in [0.29, 0.717) is 37.3 Å². The molecular weight excluding hydrogens is 429 g/mol. The molecule has 2 aromatic heterocycles. The number of benzene rings is 2. The molecule has 1 aliphatic heterocycles. The van der Waals surface area contributed by atoms with Gasteiger partial charge in [0.05, 0.1) is 18.8 Å². The Morgan fingerprint density at radius 2 is 2.06 bits per heavy atom. The molecule has 1 atom stereocenters. The zero-order chi connectivity index (χ0) is 22.1. The van der Waals surface area contributed by atoms with E-state index in [4.69, 9.17) is 16.3 Å². The maximum atomic E-state index is 13.5. The summed E-state index contributed by atoms with van der Waals surface area (Å²) < 4.78 is 19.4. The molecule has 1 aliphatic rings.